The van der Waals surface area contributed by atoms with Crippen molar-refractivity contribution in [1.82, 2.24) is 9.73 Å². The van der Waals surface area contributed by atoms with E-state index in [4.69, 9.17) is 0 Å². The Bertz CT molecular complexity index is 1010. The summed E-state index contributed by atoms with van der Waals surface area (Å²) in [6.07, 6.45) is 1.29. The van der Waals surface area contributed by atoms with Crippen LogP contribution in [0.4, 0.5) is 0 Å². The van der Waals surface area contributed by atoms with Gasteiger partial charge in [-0.1, -0.05) is 35.8 Å². The van der Waals surface area contributed by atoms with Gasteiger partial charge in [0.2, 0.25) is 10.0 Å². The predicted molar refractivity (Wildman–Crippen MR) is 115 cm³/mol. The Morgan fingerprint density at radius 1 is 1.21 bits per heavy atom. The topological polar surface area (TPSA) is 99.1 Å². The highest BCUT2D eigenvalue weighted by Crippen LogP contribution is 2.30. The Hall–Kier alpha value is -1.75. The number of amides is 1. The maximum Gasteiger partial charge on any atom is 0.271 e. The number of hydrogen-bond acceptors (Lipinski definition) is 5. The number of rotatable bonds is 7. The highest BCUT2D eigenvalue weighted by atomic mass is 79.9. The number of phenols is 1. The van der Waals surface area contributed by atoms with Gasteiger partial charge >= 0.3 is 0 Å². The van der Waals surface area contributed by atoms with Crippen LogP contribution in [0.25, 0.3) is 0 Å². The summed E-state index contributed by atoms with van der Waals surface area (Å²) in [5.41, 5.74) is 2.88. The van der Waals surface area contributed by atoms with E-state index in [0.717, 1.165) is 4.47 Å². The molecule has 2 rings (SSSR count). The molecule has 0 bridgehead atoms. The SMILES string of the molecule is CCN(CC)S(=O)(=O)c1cccc(C(=O)N/N=C\c2cc(Br)cc(Br)c2O)c1. The van der Waals surface area contributed by atoms with Crippen molar-refractivity contribution in [3.63, 3.8) is 0 Å². The molecule has 0 aliphatic carbocycles. The van der Waals surface area contributed by atoms with Crippen LogP contribution in [0, 0.1) is 0 Å². The molecule has 0 atom stereocenters. The van der Waals surface area contributed by atoms with Crippen molar-refractivity contribution in [3.05, 3.63) is 56.5 Å². The number of carbonyl (C=O) groups is 1. The molecule has 0 aliphatic rings. The highest BCUT2D eigenvalue weighted by molar-refractivity contribution is 9.11. The third kappa shape index (κ3) is 5.19. The van der Waals surface area contributed by atoms with E-state index in [9.17, 15) is 18.3 Å². The number of hydrazone groups is 1. The summed E-state index contributed by atoms with van der Waals surface area (Å²) in [5, 5.41) is 13.8. The van der Waals surface area contributed by atoms with Crippen molar-refractivity contribution < 1.29 is 18.3 Å². The Labute approximate surface area is 180 Å². The lowest BCUT2D eigenvalue weighted by Gasteiger charge is -2.18. The number of halogens is 2. The number of phenolic OH excluding ortho intramolecular Hbond substituents is 1. The first-order valence-corrected chi connectivity index (χ1v) is 11.3. The summed E-state index contributed by atoms with van der Waals surface area (Å²) in [4.78, 5) is 12.4. The maximum absolute atomic E-state index is 12.6. The molecule has 0 fully saturated rings. The molecule has 0 saturated carbocycles. The molecule has 0 heterocycles. The number of aromatic hydroxyl groups is 1. The zero-order valence-electron chi connectivity index (χ0n) is 15.2. The van der Waals surface area contributed by atoms with Gasteiger partial charge in [0.05, 0.1) is 15.6 Å². The molecule has 7 nitrogen and oxygen atoms in total. The van der Waals surface area contributed by atoms with Gasteiger partial charge in [-0.05, 0) is 46.3 Å². The van der Waals surface area contributed by atoms with Crippen LogP contribution >= 0.6 is 31.9 Å². The monoisotopic (exact) mass is 531 g/mol. The molecule has 10 heteroatoms. The van der Waals surface area contributed by atoms with Crippen LogP contribution in [0.3, 0.4) is 0 Å². The Morgan fingerprint density at radius 2 is 1.89 bits per heavy atom. The lowest BCUT2D eigenvalue weighted by atomic mass is 10.2. The highest BCUT2D eigenvalue weighted by Gasteiger charge is 2.22. The molecule has 2 N–H and O–H groups in total. The lowest BCUT2D eigenvalue weighted by molar-refractivity contribution is 0.0955. The molecule has 0 unspecified atom stereocenters. The molecule has 150 valence electrons. The number of nitrogens with one attached hydrogen (secondary N) is 1. The fourth-order valence-electron chi connectivity index (χ4n) is 2.42. The van der Waals surface area contributed by atoms with Crippen LogP contribution in [-0.4, -0.2) is 43.0 Å². The third-order valence-electron chi connectivity index (χ3n) is 3.87. The van der Waals surface area contributed by atoms with Crippen molar-refractivity contribution in [2.45, 2.75) is 18.7 Å². The van der Waals surface area contributed by atoms with Gasteiger partial charge in [0.1, 0.15) is 5.75 Å². The maximum atomic E-state index is 12.6. The second-order valence-corrected chi connectivity index (χ2v) is 9.35. The van der Waals surface area contributed by atoms with Crippen LogP contribution in [-0.2, 0) is 10.0 Å². The standard InChI is InChI=1S/C18H19Br2N3O4S/c1-3-23(4-2)28(26,27)15-7-5-6-12(9-15)18(25)22-21-11-13-8-14(19)10-16(20)17(13)24/h5-11,24H,3-4H2,1-2H3,(H,22,25)/b21-11-. The minimum absolute atomic E-state index is 0.0199. The first-order valence-electron chi connectivity index (χ1n) is 8.32. The second-order valence-electron chi connectivity index (χ2n) is 5.64. The fraction of sp³-hybridized carbons (Fsp3) is 0.222. The number of nitrogens with zero attached hydrogens (tertiary/aromatic N) is 2. The quantitative estimate of drug-likeness (QED) is 0.419. The predicted octanol–water partition coefficient (Wildman–Crippen LogP) is 3.71. The van der Waals surface area contributed by atoms with E-state index in [1.54, 1.807) is 26.0 Å². The van der Waals surface area contributed by atoms with E-state index in [0.29, 0.717) is 23.1 Å². The van der Waals surface area contributed by atoms with Crippen molar-refractivity contribution in [3.8, 4) is 5.75 Å². The zero-order chi connectivity index (χ0) is 20.9. The molecule has 0 radical (unpaired) electrons. The van der Waals surface area contributed by atoms with Gasteiger partial charge in [-0.3, -0.25) is 4.79 Å². The molecule has 28 heavy (non-hydrogen) atoms. The van der Waals surface area contributed by atoms with Gasteiger partial charge in [-0.15, -0.1) is 0 Å². The van der Waals surface area contributed by atoms with Gasteiger partial charge in [-0.25, -0.2) is 13.8 Å². The van der Waals surface area contributed by atoms with Crippen LogP contribution in [0.15, 0.2) is 55.3 Å². The molecule has 2 aromatic rings. The molecule has 1 amide bonds. The minimum Gasteiger partial charge on any atom is -0.506 e. The van der Waals surface area contributed by atoms with E-state index in [-0.39, 0.29) is 16.2 Å². The Balaban J connectivity index is 2.20. The molecular weight excluding hydrogens is 514 g/mol. The molecule has 0 aromatic heterocycles. The average Bonchev–Trinajstić information content (AvgIpc) is 2.66. The number of sulfonamides is 1. The largest absolute Gasteiger partial charge is 0.506 e. The number of carbonyl (C=O) groups excluding carboxylic acids is 1. The first kappa shape index (κ1) is 22.5. The number of hydrogen-bond donors (Lipinski definition) is 2. The average molecular weight is 533 g/mol. The van der Waals surface area contributed by atoms with Gasteiger partial charge in [0.25, 0.3) is 5.91 Å². The summed E-state index contributed by atoms with van der Waals surface area (Å²) in [6, 6.07) is 9.07. The second kappa shape index (κ2) is 9.64. The van der Waals surface area contributed by atoms with E-state index < -0.39 is 15.9 Å². The van der Waals surface area contributed by atoms with Gasteiger partial charge in [-0.2, -0.15) is 9.41 Å². The summed E-state index contributed by atoms with van der Waals surface area (Å²) in [5.74, 6) is -0.588. The smallest absolute Gasteiger partial charge is 0.271 e. The summed E-state index contributed by atoms with van der Waals surface area (Å²) < 4.78 is 27.7. The minimum atomic E-state index is -3.66. The van der Waals surface area contributed by atoms with Crippen molar-refractivity contribution >= 4 is 54.0 Å². The van der Waals surface area contributed by atoms with Gasteiger partial charge < -0.3 is 5.11 Å². The van der Waals surface area contributed by atoms with E-state index in [1.165, 1.54) is 34.8 Å². The van der Waals surface area contributed by atoms with Crippen LogP contribution in [0.1, 0.15) is 29.8 Å². The summed E-state index contributed by atoms with van der Waals surface area (Å²) >= 11 is 6.52. The van der Waals surface area contributed by atoms with Crippen molar-refractivity contribution in [1.29, 1.82) is 0 Å². The third-order valence-corrected chi connectivity index (χ3v) is 6.98. The van der Waals surface area contributed by atoms with Crippen LogP contribution in [0.2, 0.25) is 0 Å². The van der Waals surface area contributed by atoms with Crippen LogP contribution < -0.4 is 5.43 Å². The molecule has 0 saturated heterocycles. The van der Waals surface area contributed by atoms with Crippen molar-refractivity contribution in [2.24, 2.45) is 5.10 Å². The number of benzene rings is 2. The molecular formula is C18H19Br2N3O4S. The van der Waals surface area contributed by atoms with Gasteiger partial charge in [0.15, 0.2) is 0 Å². The van der Waals surface area contributed by atoms with E-state index in [1.807, 2.05) is 0 Å². The van der Waals surface area contributed by atoms with Crippen molar-refractivity contribution in [2.75, 3.05) is 13.1 Å². The van der Waals surface area contributed by atoms with E-state index in [2.05, 4.69) is 42.4 Å². The normalized spacial score (nSPS) is 11.9. The molecule has 0 aliphatic heterocycles. The lowest BCUT2D eigenvalue weighted by Crippen LogP contribution is -2.30. The first-order chi connectivity index (χ1) is 13.2. The zero-order valence-corrected chi connectivity index (χ0v) is 19.2. The molecule has 0 spiro atoms. The Morgan fingerprint density at radius 3 is 2.54 bits per heavy atom. The molecule has 2 aromatic carbocycles. The van der Waals surface area contributed by atoms with E-state index >= 15 is 0 Å². The Kier molecular flexibility index (Phi) is 7.76. The van der Waals surface area contributed by atoms with Gasteiger partial charge in [0, 0.05) is 28.7 Å². The summed E-state index contributed by atoms with van der Waals surface area (Å²) in [6.45, 7) is 4.18. The van der Waals surface area contributed by atoms with Crippen LogP contribution in [0.5, 0.6) is 5.75 Å². The fourth-order valence-corrected chi connectivity index (χ4v) is 5.18. The summed E-state index contributed by atoms with van der Waals surface area (Å²) in [7, 11) is -3.66.